The van der Waals surface area contributed by atoms with E-state index in [4.69, 9.17) is 0 Å². The van der Waals surface area contributed by atoms with Crippen LogP contribution in [0.25, 0.3) is 22.0 Å². The van der Waals surface area contributed by atoms with E-state index in [1.807, 2.05) is 20.0 Å². The monoisotopic (exact) mass is 443 g/mol. The fourth-order valence-electron chi connectivity index (χ4n) is 3.72. The van der Waals surface area contributed by atoms with Crippen LogP contribution >= 0.6 is 12.4 Å². The van der Waals surface area contributed by atoms with Gasteiger partial charge in [-0.2, -0.15) is 0 Å². The number of imide groups is 1. The zero-order valence-electron chi connectivity index (χ0n) is 17.1. The van der Waals surface area contributed by atoms with Crippen molar-refractivity contribution in [2.45, 2.75) is 19.4 Å². The Hall–Kier alpha value is -3.16. The lowest BCUT2D eigenvalue weighted by molar-refractivity contribution is -0.122. The number of hydrogen-bond donors (Lipinski definition) is 3. The molecule has 1 aliphatic rings. The number of hydrogen-bond acceptors (Lipinski definition) is 4. The van der Waals surface area contributed by atoms with Crippen LogP contribution in [0.3, 0.4) is 0 Å². The number of anilines is 1. The lowest BCUT2D eigenvalue weighted by Gasteiger charge is -2.12. The molecule has 6 nitrogen and oxygen atoms in total. The first-order valence-corrected chi connectivity index (χ1v) is 9.76. The van der Waals surface area contributed by atoms with Gasteiger partial charge in [0.15, 0.2) is 0 Å². The van der Waals surface area contributed by atoms with Crippen molar-refractivity contribution >= 4 is 52.0 Å². The minimum atomic E-state index is -0.508. The molecule has 31 heavy (non-hydrogen) atoms. The summed E-state index contributed by atoms with van der Waals surface area (Å²) in [5.41, 5.74) is 3.03. The predicted octanol–water partition coefficient (Wildman–Crippen LogP) is 3.49. The molecule has 1 aromatic heterocycles. The summed E-state index contributed by atoms with van der Waals surface area (Å²) < 4.78 is 15.7. The number of nitrogens with zero attached hydrogens (tertiary/aromatic N) is 1. The largest absolute Gasteiger partial charge is 0.391 e. The third-order valence-electron chi connectivity index (χ3n) is 5.32. The molecule has 0 saturated heterocycles. The molecule has 2 heterocycles. The standard InChI is InChI=1S/C23H22FN3O3.ClH/c1-3-16(28)11-25-15-6-4-5-13(9-15)20-21(23(30)26-22(20)29)18-12-27(2)19-8-7-14(24)10-17(18)19;/h4-10,12,16,25,28H,3,11H2,1-2H3,(H,26,29,30);1H. The quantitative estimate of drug-likeness (QED) is 0.509. The highest BCUT2D eigenvalue weighted by atomic mass is 35.5. The Balaban J connectivity index is 0.00000272. The molecule has 1 unspecified atom stereocenters. The van der Waals surface area contributed by atoms with Gasteiger partial charge in [-0.25, -0.2) is 4.39 Å². The molecule has 8 heteroatoms. The van der Waals surface area contributed by atoms with Crippen LogP contribution in [0.15, 0.2) is 48.7 Å². The van der Waals surface area contributed by atoms with Crippen LogP contribution in [0.5, 0.6) is 0 Å². The fourth-order valence-corrected chi connectivity index (χ4v) is 3.72. The zero-order chi connectivity index (χ0) is 21.4. The molecular formula is C23H23ClFN3O3. The second-order valence-corrected chi connectivity index (χ2v) is 7.37. The van der Waals surface area contributed by atoms with Gasteiger partial charge in [0.1, 0.15) is 5.82 Å². The normalized spacial score (nSPS) is 14.6. The molecule has 2 aromatic carbocycles. The minimum absolute atomic E-state index is 0. The topological polar surface area (TPSA) is 83.4 Å². The molecule has 0 bridgehead atoms. The summed E-state index contributed by atoms with van der Waals surface area (Å²) in [6, 6.07) is 11.5. The number of halogens is 2. The Morgan fingerprint density at radius 1 is 1.13 bits per heavy atom. The number of benzene rings is 2. The molecule has 2 amide bonds. The van der Waals surface area contributed by atoms with Crippen LogP contribution in [0.4, 0.5) is 10.1 Å². The van der Waals surface area contributed by atoms with E-state index < -0.39 is 23.7 Å². The van der Waals surface area contributed by atoms with Crippen molar-refractivity contribution in [1.29, 1.82) is 0 Å². The highest BCUT2D eigenvalue weighted by Gasteiger charge is 2.33. The summed E-state index contributed by atoms with van der Waals surface area (Å²) >= 11 is 0. The number of aromatic nitrogens is 1. The van der Waals surface area contributed by atoms with Gasteiger partial charge in [0, 0.05) is 41.9 Å². The molecule has 0 fully saturated rings. The first kappa shape index (κ1) is 22.5. The summed E-state index contributed by atoms with van der Waals surface area (Å²) in [4.78, 5) is 25.4. The number of nitrogens with one attached hydrogen (secondary N) is 2. The average molecular weight is 444 g/mol. The van der Waals surface area contributed by atoms with Crippen LogP contribution < -0.4 is 10.6 Å². The van der Waals surface area contributed by atoms with Crippen LogP contribution in [0.2, 0.25) is 0 Å². The van der Waals surface area contributed by atoms with E-state index in [-0.39, 0.29) is 23.6 Å². The van der Waals surface area contributed by atoms with E-state index in [0.717, 1.165) is 11.2 Å². The van der Waals surface area contributed by atoms with E-state index in [9.17, 15) is 19.1 Å². The smallest absolute Gasteiger partial charge is 0.259 e. The van der Waals surface area contributed by atoms with Gasteiger partial charge >= 0.3 is 0 Å². The Bertz CT molecular complexity index is 1200. The SMILES string of the molecule is CCC(O)CNc1cccc(C2=C(c3cn(C)c4ccc(F)cc34)C(=O)NC2=O)c1.Cl. The van der Waals surface area contributed by atoms with Gasteiger partial charge in [-0.1, -0.05) is 19.1 Å². The molecular weight excluding hydrogens is 421 g/mol. The maximum absolute atomic E-state index is 13.9. The van der Waals surface area contributed by atoms with Crippen LogP contribution in [-0.2, 0) is 16.6 Å². The molecule has 0 spiro atoms. The Morgan fingerprint density at radius 3 is 2.61 bits per heavy atom. The van der Waals surface area contributed by atoms with Crippen molar-refractivity contribution in [1.82, 2.24) is 9.88 Å². The first-order valence-electron chi connectivity index (χ1n) is 9.76. The highest BCUT2D eigenvalue weighted by molar-refractivity contribution is 6.50. The lowest BCUT2D eigenvalue weighted by atomic mass is 9.95. The van der Waals surface area contributed by atoms with Crippen LogP contribution in [0.1, 0.15) is 24.5 Å². The summed E-state index contributed by atoms with van der Waals surface area (Å²) in [5, 5.41) is 15.8. The predicted molar refractivity (Wildman–Crippen MR) is 121 cm³/mol. The second kappa shape index (κ2) is 8.91. The third-order valence-corrected chi connectivity index (χ3v) is 5.32. The maximum Gasteiger partial charge on any atom is 0.259 e. The van der Waals surface area contributed by atoms with E-state index in [1.165, 1.54) is 12.1 Å². The van der Waals surface area contributed by atoms with E-state index >= 15 is 0 Å². The van der Waals surface area contributed by atoms with E-state index in [2.05, 4.69) is 10.6 Å². The van der Waals surface area contributed by atoms with Crippen LogP contribution in [0, 0.1) is 5.82 Å². The highest BCUT2D eigenvalue weighted by Crippen LogP contribution is 2.36. The number of carbonyl (C=O) groups is 2. The van der Waals surface area contributed by atoms with Gasteiger partial charge in [-0.15, -0.1) is 12.4 Å². The number of carbonyl (C=O) groups excluding carboxylic acids is 2. The molecule has 162 valence electrons. The molecule has 1 atom stereocenters. The number of amides is 2. The second-order valence-electron chi connectivity index (χ2n) is 7.37. The number of aliphatic hydroxyl groups is 1. The molecule has 0 radical (unpaired) electrons. The molecule has 0 aliphatic carbocycles. The molecule has 0 saturated carbocycles. The minimum Gasteiger partial charge on any atom is -0.391 e. The van der Waals surface area contributed by atoms with Gasteiger partial charge in [-0.05, 0) is 42.3 Å². The maximum atomic E-state index is 13.9. The van der Waals surface area contributed by atoms with Crippen molar-refractivity contribution in [2.75, 3.05) is 11.9 Å². The Kier molecular flexibility index (Phi) is 6.48. The van der Waals surface area contributed by atoms with Gasteiger partial charge < -0.3 is 15.0 Å². The lowest BCUT2D eigenvalue weighted by Crippen LogP contribution is -2.22. The number of fused-ring (bicyclic) bond motifs is 1. The Labute approximate surface area is 185 Å². The van der Waals surface area contributed by atoms with E-state index in [0.29, 0.717) is 29.5 Å². The molecule has 3 aromatic rings. The number of aliphatic hydroxyl groups excluding tert-OH is 1. The van der Waals surface area contributed by atoms with Crippen molar-refractivity contribution < 1.29 is 19.1 Å². The van der Waals surface area contributed by atoms with Gasteiger partial charge in [0.2, 0.25) is 0 Å². The summed E-state index contributed by atoms with van der Waals surface area (Å²) in [7, 11) is 1.81. The van der Waals surface area contributed by atoms with Crippen molar-refractivity contribution in [3.63, 3.8) is 0 Å². The molecule has 1 aliphatic heterocycles. The molecule has 3 N–H and O–H groups in total. The first-order chi connectivity index (χ1) is 14.4. The van der Waals surface area contributed by atoms with Gasteiger partial charge in [0.05, 0.1) is 17.3 Å². The zero-order valence-corrected chi connectivity index (χ0v) is 17.9. The number of rotatable bonds is 6. The van der Waals surface area contributed by atoms with Gasteiger partial charge in [0.25, 0.3) is 11.8 Å². The summed E-state index contributed by atoms with van der Waals surface area (Å²) in [5.74, 6) is -1.41. The summed E-state index contributed by atoms with van der Waals surface area (Å²) in [6.45, 7) is 2.26. The van der Waals surface area contributed by atoms with Gasteiger partial charge in [-0.3, -0.25) is 14.9 Å². The van der Waals surface area contributed by atoms with Crippen LogP contribution in [-0.4, -0.2) is 34.1 Å². The average Bonchev–Trinajstić information content (AvgIpc) is 3.20. The van der Waals surface area contributed by atoms with Crippen molar-refractivity contribution in [3.05, 3.63) is 65.6 Å². The summed E-state index contributed by atoms with van der Waals surface area (Å²) in [6.07, 6.45) is 1.87. The van der Waals surface area contributed by atoms with Crippen molar-refractivity contribution in [2.24, 2.45) is 7.05 Å². The van der Waals surface area contributed by atoms with E-state index in [1.54, 1.807) is 35.0 Å². The Morgan fingerprint density at radius 2 is 1.87 bits per heavy atom. The van der Waals surface area contributed by atoms with Crippen molar-refractivity contribution in [3.8, 4) is 0 Å². The fraction of sp³-hybridized carbons (Fsp3) is 0.217. The third kappa shape index (κ3) is 4.19. The molecule has 4 rings (SSSR count). The number of aryl methyl sites for hydroxylation is 1.